The average Bonchev–Trinajstić information content (AvgIpc) is 2.86. The van der Waals surface area contributed by atoms with Gasteiger partial charge in [0.05, 0.1) is 18.2 Å². The number of aromatic nitrogens is 1. The number of esters is 1. The van der Waals surface area contributed by atoms with Crippen molar-refractivity contribution in [3.8, 4) is 0 Å². The Morgan fingerprint density at radius 3 is 2.23 bits per heavy atom. The molecule has 1 heterocycles. The lowest BCUT2D eigenvalue weighted by atomic mass is 10.1. The van der Waals surface area contributed by atoms with Crippen molar-refractivity contribution in [3.63, 3.8) is 0 Å². The maximum absolute atomic E-state index is 12.6. The van der Waals surface area contributed by atoms with Crippen molar-refractivity contribution >= 4 is 11.8 Å². The first kappa shape index (κ1) is 19.9. The standard InChI is InChI=1S/C21H27NO4/c1-13-7-14(2)9-18(8-13)21(24)26-12-20(23)19-10-15(3)22(17(19)5)16(4)11-25-6/h7-10,16H,11-12H2,1-6H3/t16-/m1/s1. The summed E-state index contributed by atoms with van der Waals surface area (Å²) in [4.78, 5) is 24.8. The molecule has 1 atom stereocenters. The molecule has 2 aromatic rings. The Hall–Kier alpha value is -2.40. The largest absolute Gasteiger partial charge is 0.454 e. The Bertz CT molecular complexity index is 799. The first-order chi connectivity index (χ1) is 12.2. The second-order valence-electron chi connectivity index (χ2n) is 6.83. The summed E-state index contributed by atoms with van der Waals surface area (Å²) in [7, 11) is 1.66. The van der Waals surface area contributed by atoms with E-state index in [9.17, 15) is 9.59 Å². The number of hydrogen-bond donors (Lipinski definition) is 0. The fraction of sp³-hybridized carbons (Fsp3) is 0.429. The maximum Gasteiger partial charge on any atom is 0.338 e. The van der Waals surface area contributed by atoms with Gasteiger partial charge in [-0.2, -0.15) is 0 Å². The van der Waals surface area contributed by atoms with Gasteiger partial charge in [0.15, 0.2) is 6.61 Å². The fourth-order valence-electron chi connectivity index (χ4n) is 3.44. The van der Waals surface area contributed by atoms with Gasteiger partial charge in [-0.05, 0) is 52.8 Å². The predicted octanol–water partition coefficient (Wildman–Crippen LogP) is 3.97. The van der Waals surface area contributed by atoms with E-state index in [1.54, 1.807) is 19.2 Å². The summed E-state index contributed by atoms with van der Waals surface area (Å²) in [5.41, 5.74) is 4.86. The number of hydrogen-bond acceptors (Lipinski definition) is 4. The highest BCUT2D eigenvalue weighted by Gasteiger charge is 2.20. The molecule has 0 unspecified atom stereocenters. The van der Waals surface area contributed by atoms with Gasteiger partial charge in [-0.25, -0.2) is 4.79 Å². The van der Waals surface area contributed by atoms with Crippen LogP contribution >= 0.6 is 0 Å². The van der Waals surface area contributed by atoms with Crippen LogP contribution < -0.4 is 0 Å². The van der Waals surface area contributed by atoms with Crippen LogP contribution in [0.4, 0.5) is 0 Å². The number of rotatable bonds is 7. The van der Waals surface area contributed by atoms with Crippen LogP contribution in [0.1, 0.15) is 56.2 Å². The van der Waals surface area contributed by atoms with E-state index >= 15 is 0 Å². The number of methoxy groups -OCH3 is 1. The van der Waals surface area contributed by atoms with Crippen LogP contribution in [0.2, 0.25) is 0 Å². The normalized spacial score (nSPS) is 12.1. The summed E-state index contributed by atoms with van der Waals surface area (Å²) in [6.07, 6.45) is 0. The minimum absolute atomic E-state index is 0.124. The summed E-state index contributed by atoms with van der Waals surface area (Å²) < 4.78 is 12.5. The lowest BCUT2D eigenvalue weighted by Crippen LogP contribution is -2.17. The van der Waals surface area contributed by atoms with Crippen LogP contribution in [0.3, 0.4) is 0 Å². The molecule has 140 valence electrons. The van der Waals surface area contributed by atoms with Crippen molar-refractivity contribution in [1.29, 1.82) is 0 Å². The molecule has 5 heteroatoms. The van der Waals surface area contributed by atoms with Crippen molar-refractivity contribution in [1.82, 2.24) is 4.57 Å². The molecule has 0 fully saturated rings. The van der Waals surface area contributed by atoms with E-state index < -0.39 is 5.97 Å². The number of ketones is 1. The Morgan fingerprint density at radius 1 is 1.04 bits per heavy atom. The predicted molar refractivity (Wildman–Crippen MR) is 101 cm³/mol. The molecule has 0 amide bonds. The minimum atomic E-state index is -0.480. The third kappa shape index (κ3) is 4.41. The number of aryl methyl sites for hydroxylation is 3. The number of carbonyl (C=O) groups excluding carboxylic acids is 2. The van der Waals surface area contributed by atoms with E-state index in [1.165, 1.54) is 0 Å². The molecular weight excluding hydrogens is 330 g/mol. The van der Waals surface area contributed by atoms with Gasteiger partial charge < -0.3 is 14.0 Å². The van der Waals surface area contributed by atoms with Gasteiger partial charge in [-0.1, -0.05) is 17.2 Å². The topological polar surface area (TPSA) is 57.5 Å². The Labute approximate surface area is 154 Å². The Kier molecular flexibility index (Phi) is 6.37. The summed E-state index contributed by atoms with van der Waals surface area (Å²) >= 11 is 0. The zero-order chi connectivity index (χ0) is 19.4. The average molecular weight is 357 g/mol. The zero-order valence-electron chi connectivity index (χ0n) is 16.4. The first-order valence-electron chi connectivity index (χ1n) is 8.70. The monoisotopic (exact) mass is 357 g/mol. The van der Waals surface area contributed by atoms with Crippen LogP contribution in [0.15, 0.2) is 24.3 Å². The van der Waals surface area contributed by atoms with Crippen molar-refractivity contribution in [3.05, 3.63) is 57.9 Å². The molecule has 0 saturated heterocycles. The summed E-state index contributed by atoms with van der Waals surface area (Å²) in [5, 5.41) is 0. The van der Waals surface area contributed by atoms with Gasteiger partial charge >= 0.3 is 5.97 Å². The van der Waals surface area contributed by atoms with Crippen LogP contribution in [0, 0.1) is 27.7 Å². The molecule has 1 aromatic heterocycles. The van der Waals surface area contributed by atoms with Gasteiger partial charge in [-0.15, -0.1) is 0 Å². The van der Waals surface area contributed by atoms with Crippen molar-refractivity contribution in [2.75, 3.05) is 20.3 Å². The maximum atomic E-state index is 12.6. The summed E-state index contributed by atoms with van der Waals surface area (Å²) in [5.74, 6) is -0.682. The van der Waals surface area contributed by atoms with E-state index in [4.69, 9.17) is 9.47 Å². The van der Waals surface area contributed by atoms with Crippen molar-refractivity contribution in [2.24, 2.45) is 0 Å². The molecule has 2 rings (SSSR count). The second-order valence-corrected chi connectivity index (χ2v) is 6.83. The molecule has 1 aromatic carbocycles. The van der Waals surface area contributed by atoms with Crippen molar-refractivity contribution < 1.29 is 19.1 Å². The molecule has 0 aliphatic heterocycles. The molecule has 0 aliphatic rings. The number of nitrogens with zero attached hydrogens (tertiary/aromatic N) is 1. The van der Waals surface area contributed by atoms with Gasteiger partial charge in [0.25, 0.3) is 0 Å². The van der Waals surface area contributed by atoms with Crippen LogP contribution in [-0.2, 0) is 9.47 Å². The lowest BCUT2D eigenvalue weighted by Gasteiger charge is -2.17. The molecule has 0 radical (unpaired) electrons. The minimum Gasteiger partial charge on any atom is -0.454 e. The third-order valence-electron chi connectivity index (χ3n) is 4.43. The molecule has 0 bridgehead atoms. The van der Waals surface area contributed by atoms with Gasteiger partial charge in [-0.3, -0.25) is 4.79 Å². The first-order valence-corrected chi connectivity index (χ1v) is 8.70. The van der Waals surface area contributed by atoms with Gasteiger partial charge in [0, 0.05) is 24.1 Å². The number of carbonyl (C=O) groups is 2. The van der Waals surface area contributed by atoms with Crippen molar-refractivity contribution in [2.45, 2.75) is 40.7 Å². The van der Waals surface area contributed by atoms with Crippen LogP contribution in [0.5, 0.6) is 0 Å². The summed E-state index contributed by atoms with van der Waals surface area (Å²) in [6.45, 7) is 10.0. The number of benzene rings is 1. The highest BCUT2D eigenvalue weighted by Crippen LogP contribution is 2.21. The molecule has 5 nitrogen and oxygen atoms in total. The van der Waals surface area contributed by atoms with Crippen LogP contribution in [0.25, 0.3) is 0 Å². The molecular formula is C21H27NO4. The van der Waals surface area contributed by atoms with E-state index in [0.717, 1.165) is 22.5 Å². The van der Waals surface area contributed by atoms with Crippen LogP contribution in [-0.4, -0.2) is 36.6 Å². The van der Waals surface area contributed by atoms with Gasteiger partial charge in [0.1, 0.15) is 0 Å². The fourth-order valence-corrected chi connectivity index (χ4v) is 3.44. The SMILES string of the molecule is COC[C@@H](C)n1c(C)cc(C(=O)COC(=O)c2cc(C)cc(C)c2)c1C. The van der Waals surface area contributed by atoms with E-state index in [0.29, 0.717) is 17.7 Å². The Morgan fingerprint density at radius 2 is 1.65 bits per heavy atom. The van der Waals surface area contributed by atoms with E-state index in [2.05, 4.69) is 4.57 Å². The van der Waals surface area contributed by atoms with E-state index in [-0.39, 0.29) is 18.4 Å². The molecule has 0 aliphatic carbocycles. The summed E-state index contributed by atoms with van der Waals surface area (Å²) in [6, 6.07) is 7.47. The second kappa shape index (κ2) is 8.32. The molecule has 26 heavy (non-hydrogen) atoms. The zero-order valence-corrected chi connectivity index (χ0v) is 16.4. The Balaban J connectivity index is 2.11. The molecule has 0 spiro atoms. The third-order valence-corrected chi connectivity index (χ3v) is 4.43. The highest BCUT2D eigenvalue weighted by molar-refractivity contribution is 6.00. The highest BCUT2D eigenvalue weighted by atomic mass is 16.5. The molecule has 0 saturated carbocycles. The van der Waals surface area contributed by atoms with Gasteiger partial charge in [0.2, 0.25) is 5.78 Å². The smallest absolute Gasteiger partial charge is 0.338 e. The quantitative estimate of drug-likeness (QED) is 0.556. The molecule has 0 N–H and O–H groups in total. The lowest BCUT2D eigenvalue weighted by molar-refractivity contribution is 0.0474. The number of ether oxygens (including phenoxy) is 2. The number of Topliss-reactive ketones (excluding diaryl/α,β-unsaturated/α-hetero) is 1. The van der Waals surface area contributed by atoms with E-state index in [1.807, 2.05) is 46.8 Å².